The predicted octanol–water partition coefficient (Wildman–Crippen LogP) is 3.59. The summed E-state index contributed by atoms with van der Waals surface area (Å²) in [5, 5.41) is 2.71. The van der Waals surface area contributed by atoms with E-state index in [2.05, 4.69) is 37.2 Å². The van der Waals surface area contributed by atoms with E-state index in [1.54, 1.807) is 6.07 Å². The Labute approximate surface area is 133 Å². The standard InChI is InChI=1S/C12H15Br2NO3S/c1-6(2)4-8(12(17)18-3)15-11(16)9-5-7(13)10(14)19-9/h5-6,8H,4H2,1-3H3,(H,15,16). The molecule has 0 aliphatic heterocycles. The second-order valence-electron chi connectivity index (χ2n) is 4.41. The molecule has 1 rings (SSSR count). The molecular weight excluding hydrogens is 398 g/mol. The monoisotopic (exact) mass is 411 g/mol. The molecule has 1 N–H and O–H groups in total. The molecular formula is C12H15Br2NO3S. The minimum Gasteiger partial charge on any atom is -0.467 e. The number of rotatable bonds is 5. The smallest absolute Gasteiger partial charge is 0.328 e. The number of amides is 1. The van der Waals surface area contributed by atoms with Crippen LogP contribution < -0.4 is 5.32 Å². The fourth-order valence-corrected chi connectivity index (χ4v) is 3.45. The average Bonchev–Trinajstić information content (AvgIpc) is 2.67. The van der Waals surface area contributed by atoms with E-state index >= 15 is 0 Å². The number of halogens is 2. The molecule has 1 unspecified atom stereocenters. The van der Waals surface area contributed by atoms with Gasteiger partial charge >= 0.3 is 5.97 Å². The molecule has 1 amide bonds. The number of nitrogens with one attached hydrogen (secondary N) is 1. The van der Waals surface area contributed by atoms with Crippen molar-refractivity contribution in [3.63, 3.8) is 0 Å². The summed E-state index contributed by atoms with van der Waals surface area (Å²) in [7, 11) is 1.32. The average molecular weight is 413 g/mol. The molecule has 0 saturated heterocycles. The third-order valence-corrected chi connectivity index (χ3v) is 5.62. The van der Waals surface area contributed by atoms with Crippen LogP contribution in [0.15, 0.2) is 14.3 Å². The van der Waals surface area contributed by atoms with Gasteiger partial charge in [0.15, 0.2) is 0 Å². The van der Waals surface area contributed by atoms with Gasteiger partial charge in [0.25, 0.3) is 5.91 Å². The largest absolute Gasteiger partial charge is 0.467 e. The van der Waals surface area contributed by atoms with Crippen molar-refractivity contribution in [2.24, 2.45) is 5.92 Å². The van der Waals surface area contributed by atoms with Crippen LogP contribution in [0.5, 0.6) is 0 Å². The fourth-order valence-electron chi connectivity index (χ4n) is 1.52. The Balaban J connectivity index is 2.78. The maximum absolute atomic E-state index is 12.1. The van der Waals surface area contributed by atoms with Gasteiger partial charge in [0.05, 0.1) is 15.8 Å². The lowest BCUT2D eigenvalue weighted by molar-refractivity contribution is -0.143. The van der Waals surface area contributed by atoms with E-state index in [-0.39, 0.29) is 11.8 Å². The molecule has 4 nitrogen and oxygen atoms in total. The Kier molecular flexibility index (Phi) is 6.49. The summed E-state index contributed by atoms with van der Waals surface area (Å²) >= 11 is 7.97. The Hall–Kier alpha value is -0.400. The van der Waals surface area contributed by atoms with Crippen LogP contribution >= 0.6 is 43.2 Å². The zero-order valence-electron chi connectivity index (χ0n) is 10.8. The molecule has 1 atom stereocenters. The van der Waals surface area contributed by atoms with E-state index in [1.807, 2.05) is 13.8 Å². The first-order valence-electron chi connectivity index (χ1n) is 5.68. The summed E-state index contributed by atoms with van der Waals surface area (Å²) < 4.78 is 6.37. The highest BCUT2D eigenvalue weighted by Gasteiger charge is 2.24. The molecule has 1 aromatic rings. The summed E-state index contributed by atoms with van der Waals surface area (Å²) in [6.07, 6.45) is 0.548. The van der Waals surface area contributed by atoms with Gasteiger partial charge in [0.1, 0.15) is 6.04 Å². The van der Waals surface area contributed by atoms with Crippen LogP contribution in [0.25, 0.3) is 0 Å². The molecule has 0 saturated carbocycles. The summed E-state index contributed by atoms with van der Waals surface area (Å²) in [5.41, 5.74) is 0. The number of thiophene rings is 1. The first kappa shape index (κ1) is 16.7. The molecule has 0 aliphatic carbocycles. The van der Waals surface area contributed by atoms with E-state index in [0.29, 0.717) is 11.3 Å². The van der Waals surface area contributed by atoms with E-state index in [4.69, 9.17) is 4.74 Å². The van der Waals surface area contributed by atoms with Crippen molar-refractivity contribution in [3.05, 3.63) is 19.2 Å². The van der Waals surface area contributed by atoms with E-state index < -0.39 is 12.0 Å². The van der Waals surface area contributed by atoms with Crippen LogP contribution in [-0.2, 0) is 9.53 Å². The van der Waals surface area contributed by atoms with Gasteiger partial charge in [0.2, 0.25) is 0 Å². The summed E-state index contributed by atoms with van der Waals surface area (Å²) in [4.78, 5) is 24.2. The Morgan fingerprint density at radius 1 is 1.42 bits per heavy atom. The normalized spacial score (nSPS) is 12.3. The summed E-state index contributed by atoms with van der Waals surface area (Å²) in [5.74, 6) is -0.407. The molecule has 0 aliphatic rings. The van der Waals surface area contributed by atoms with Gasteiger partial charge in [0, 0.05) is 4.47 Å². The lowest BCUT2D eigenvalue weighted by Crippen LogP contribution is -2.42. The van der Waals surface area contributed by atoms with E-state index in [9.17, 15) is 9.59 Å². The highest BCUT2D eigenvalue weighted by Crippen LogP contribution is 2.32. The van der Waals surface area contributed by atoms with Gasteiger partial charge in [-0.1, -0.05) is 13.8 Å². The second-order valence-corrected chi connectivity index (χ2v) is 7.64. The molecule has 0 fully saturated rings. The van der Waals surface area contributed by atoms with Crippen LogP contribution in [0.1, 0.15) is 29.9 Å². The number of esters is 1. The number of hydrogen-bond donors (Lipinski definition) is 1. The van der Waals surface area contributed by atoms with Crippen LogP contribution in [0.2, 0.25) is 0 Å². The topological polar surface area (TPSA) is 55.4 Å². The van der Waals surface area contributed by atoms with Gasteiger partial charge in [-0.25, -0.2) is 4.79 Å². The van der Waals surface area contributed by atoms with Gasteiger partial charge in [-0.2, -0.15) is 0 Å². The highest BCUT2D eigenvalue weighted by molar-refractivity contribution is 9.13. The maximum Gasteiger partial charge on any atom is 0.328 e. The van der Waals surface area contributed by atoms with Gasteiger partial charge < -0.3 is 10.1 Å². The minimum atomic E-state index is -0.614. The Bertz CT molecular complexity index is 454. The third kappa shape index (κ3) is 4.89. The van der Waals surface area contributed by atoms with Crippen molar-refractivity contribution < 1.29 is 14.3 Å². The SMILES string of the molecule is COC(=O)C(CC(C)C)NC(=O)c1cc(Br)c(Br)s1. The molecule has 0 radical (unpaired) electrons. The zero-order valence-corrected chi connectivity index (χ0v) is 14.8. The Morgan fingerprint density at radius 2 is 2.05 bits per heavy atom. The second kappa shape index (κ2) is 7.40. The molecule has 7 heteroatoms. The van der Waals surface area contributed by atoms with Crippen molar-refractivity contribution >= 4 is 55.1 Å². The quantitative estimate of drug-likeness (QED) is 0.751. The van der Waals surface area contributed by atoms with Gasteiger partial charge in [-0.15, -0.1) is 11.3 Å². The number of hydrogen-bond acceptors (Lipinski definition) is 4. The Morgan fingerprint density at radius 3 is 2.47 bits per heavy atom. The van der Waals surface area contributed by atoms with Crippen LogP contribution in [0, 0.1) is 5.92 Å². The lowest BCUT2D eigenvalue weighted by atomic mass is 10.0. The highest BCUT2D eigenvalue weighted by atomic mass is 79.9. The number of carbonyl (C=O) groups excluding carboxylic acids is 2. The van der Waals surface area contributed by atoms with Crippen LogP contribution in [-0.4, -0.2) is 25.0 Å². The van der Waals surface area contributed by atoms with Crippen molar-refractivity contribution in [2.75, 3.05) is 7.11 Å². The predicted molar refractivity (Wildman–Crippen MR) is 82.4 cm³/mol. The zero-order chi connectivity index (χ0) is 14.6. The van der Waals surface area contributed by atoms with Gasteiger partial charge in [-0.3, -0.25) is 4.79 Å². The summed E-state index contributed by atoms with van der Waals surface area (Å²) in [6.45, 7) is 3.97. The summed E-state index contributed by atoms with van der Waals surface area (Å²) in [6, 6.07) is 1.10. The lowest BCUT2D eigenvalue weighted by Gasteiger charge is -2.17. The number of ether oxygens (including phenoxy) is 1. The first-order valence-corrected chi connectivity index (χ1v) is 8.09. The molecule has 19 heavy (non-hydrogen) atoms. The molecule has 0 spiro atoms. The van der Waals surface area contributed by atoms with Crippen molar-refractivity contribution in [1.29, 1.82) is 0 Å². The molecule has 0 aromatic carbocycles. The third-order valence-electron chi connectivity index (χ3n) is 2.37. The van der Waals surface area contributed by atoms with Crippen molar-refractivity contribution in [3.8, 4) is 0 Å². The van der Waals surface area contributed by atoms with E-state index in [0.717, 1.165) is 8.26 Å². The number of methoxy groups -OCH3 is 1. The van der Waals surface area contributed by atoms with Gasteiger partial charge in [-0.05, 0) is 50.3 Å². The maximum atomic E-state index is 12.1. The first-order chi connectivity index (χ1) is 8.85. The molecule has 1 aromatic heterocycles. The van der Waals surface area contributed by atoms with Crippen LogP contribution in [0.4, 0.5) is 0 Å². The van der Waals surface area contributed by atoms with E-state index in [1.165, 1.54) is 18.4 Å². The van der Waals surface area contributed by atoms with Crippen LogP contribution in [0.3, 0.4) is 0 Å². The van der Waals surface area contributed by atoms with Crippen molar-refractivity contribution in [1.82, 2.24) is 5.32 Å². The molecule has 1 heterocycles. The number of carbonyl (C=O) groups is 2. The molecule has 106 valence electrons. The minimum absolute atomic E-state index is 0.271. The fraction of sp³-hybridized carbons (Fsp3) is 0.500. The molecule has 0 bridgehead atoms. The van der Waals surface area contributed by atoms with Crippen molar-refractivity contribution in [2.45, 2.75) is 26.3 Å².